The Balaban J connectivity index is 1.88. The van der Waals surface area contributed by atoms with Crippen LogP contribution in [0.15, 0.2) is 36.4 Å². The maximum absolute atomic E-state index is 4.74. The standard InChI is InChI=1S/C18H27N3/c1-4-21-17-11-8-7-10-16(17)20-18(21)12-6-5-9-13-19-14-15(2)3/h5-8,10-11,15,19H,4,9,12-14H2,1-3H3. The lowest BCUT2D eigenvalue weighted by Crippen LogP contribution is -2.20. The van der Waals surface area contributed by atoms with E-state index in [1.54, 1.807) is 0 Å². The number of aromatic nitrogens is 2. The Morgan fingerprint density at radius 1 is 1.24 bits per heavy atom. The number of rotatable bonds is 8. The van der Waals surface area contributed by atoms with Crippen LogP contribution in [-0.2, 0) is 13.0 Å². The van der Waals surface area contributed by atoms with Crippen LogP contribution in [0.1, 0.15) is 33.0 Å². The molecule has 0 aliphatic rings. The van der Waals surface area contributed by atoms with Gasteiger partial charge >= 0.3 is 0 Å². The first-order chi connectivity index (χ1) is 10.2. The molecule has 2 rings (SSSR count). The van der Waals surface area contributed by atoms with Gasteiger partial charge in [-0.3, -0.25) is 0 Å². The molecule has 1 heterocycles. The molecule has 0 aliphatic heterocycles. The normalized spacial score (nSPS) is 12.0. The molecule has 1 aromatic heterocycles. The second-order valence-electron chi connectivity index (χ2n) is 5.82. The quantitative estimate of drug-likeness (QED) is 0.591. The molecule has 0 amide bonds. The third-order valence-electron chi connectivity index (χ3n) is 3.56. The second kappa shape index (κ2) is 7.99. The summed E-state index contributed by atoms with van der Waals surface area (Å²) in [5.74, 6) is 1.88. The van der Waals surface area contributed by atoms with Crippen LogP contribution in [0.4, 0.5) is 0 Å². The van der Waals surface area contributed by atoms with E-state index in [0.717, 1.165) is 49.7 Å². The molecule has 0 fully saturated rings. The molecule has 0 saturated carbocycles. The van der Waals surface area contributed by atoms with Gasteiger partial charge < -0.3 is 9.88 Å². The van der Waals surface area contributed by atoms with E-state index >= 15 is 0 Å². The van der Waals surface area contributed by atoms with E-state index in [0.29, 0.717) is 0 Å². The van der Waals surface area contributed by atoms with Crippen LogP contribution >= 0.6 is 0 Å². The Labute approximate surface area is 128 Å². The first-order valence-electron chi connectivity index (χ1n) is 8.02. The molecule has 0 saturated heterocycles. The van der Waals surface area contributed by atoms with E-state index in [-0.39, 0.29) is 0 Å². The van der Waals surface area contributed by atoms with E-state index in [9.17, 15) is 0 Å². The summed E-state index contributed by atoms with van der Waals surface area (Å²) in [6, 6.07) is 8.37. The van der Waals surface area contributed by atoms with E-state index < -0.39 is 0 Å². The minimum Gasteiger partial charge on any atom is -0.328 e. The number of aryl methyl sites for hydroxylation is 1. The molecule has 114 valence electrons. The van der Waals surface area contributed by atoms with Gasteiger partial charge in [-0.1, -0.05) is 38.1 Å². The summed E-state index contributed by atoms with van der Waals surface area (Å²) < 4.78 is 2.30. The number of nitrogens with one attached hydrogen (secondary N) is 1. The van der Waals surface area contributed by atoms with Crippen molar-refractivity contribution < 1.29 is 0 Å². The zero-order valence-electron chi connectivity index (χ0n) is 13.5. The summed E-state index contributed by atoms with van der Waals surface area (Å²) in [5.41, 5.74) is 2.34. The van der Waals surface area contributed by atoms with Crippen LogP contribution in [-0.4, -0.2) is 22.6 Å². The van der Waals surface area contributed by atoms with Crippen molar-refractivity contribution in [3.05, 3.63) is 42.2 Å². The first-order valence-corrected chi connectivity index (χ1v) is 8.02. The fourth-order valence-electron chi connectivity index (χ4n) is 2.52. The summed E-state index contributed by atoms with van der Waals surface area (Å²) in [4.78, 5) is 4.74. The molecular formula is C18H27N3. The lowest BCUT2D eigenvalue weighted by atomic mass is 10.2. The molecule has 0 radical (unpaired) electrons. The number of allylic oxidation sites excluding steroid dienone is 1. The van der Waals surface area contributed by atoms with Crippen LogP contribution in [0, 0.1) is 5.92 Å². The van der Waals surface area contributed by atoms with Crippen molar-refractivity contribution in [2.45, 2.75) is 40.2 Å². The highest BCUT2D eigenvalue weighted by Gasteiger charge is 2.06. The number of nitrogens with zero attached hydrogens (tertiary/aromatic N) is 2. The van der Waals surface area contributed by atoms with Gasteiger partial charge in [0.15, 0.2) is 0 Å². The predicted molar refractivity (Wildman–Crippen MR) is 90.6 cm³/mol. The van der Waals surface area contributed by atoms with Gasteiger partial charge in [-0.2, -0.15) is 0 Å². The van der Waals surface area contributed by atoms with Gasteiger partial charge in [-0.25, -0.2) is 4.98 Å². The van der Waals surface area contributed by atoms with Crippen LogP contribution < -0.4 is 5.32 Å². The molecule has 21 heavy (non-hydrogen) atoms. The fraction of sp³-hybridized carbons (Fsp3) is 0.500. The molecule has 1 N–H and O–H groups in total. The zero-order valence-corrected chi connectivity index (χ0v) is 13.5. The molecule has 0 aliphatic carbocycles. The summed E-state index contributed by atoms with van der Waals surface area (Å²) in [5, 5.41) is 3.46. The fourth-order valence-corrected chi connectivity index (χ4v) is 2.52. The van der Waals surface area contributed by atoms with E-state index in [2.05, 4.69) is 67.1 Å². The second-order valence-corrected chi connectivity index (χ2v) is 5.82. The number of hydrogen-bond acceptors (Lipinski definition) is 2. The first kappa shape index (κ1) is 15.8. The van der Waals surface area contributed by atoms with E-state index in [1.807, 2.05) is 0 Å². The van der Waals surface area contributed by atoms with Crippen molar-refractivity contribution in [3.8, 4) is 0 Å². The molecule has 0 bridgehead atoms. The third kappa shape index (κ3) is 4.43. The highest BCUT2D eigenvalue weighted by Crippen LogP contribution is 2.16. The largest absolute Gasteiger partial charge is 0.328 e. The molecule has 3 nitrogen and oxygen atoms in total. The molecular weight excluding hydrogens is 258 g/mol. The maximum Gasteiger partial charge on any atom is 0.113 e. The molecule has 2 aromatic rings. The zero-order chi connectivity index (χ0) is 15.1. The van der Waals surface area contributed by atoms with Crippen molar-refractivity contribution in [3.63, 3.8) is 0 Å². The van der Waals surface area contributed by atoms with Gasteiger partial charge in [0.1, 0.15) is 5.82 Å². The number of benzene rings is 1. The molecule has 3 heteroatoms. The van der Waals surface area contributed by atoms with E-state index in [4.69, 9.17) is 4.98 Å². The van der Waals surface area contributed by atoms with Gasteiger partial charge in [0, 0.05) is 13.0 Å². The third-order valence-corrected chi connectivity index (χ3v) is 3.56. The summed E-state index contributed by atoms with van der Waals surface area (Å²) in [6.45, 7) is 9.77. The highest BCUT2D eigenvalue weighted by atomic mass is 15.1. The Morgan fingerprint density at radius 2 is 2.05 bits per heavy atom. The highest BCUT2D eigenvalue weighted by molar-refractivity contribution is 5.75. The Morgan fingerprint density at radius 3 is 2.81 bits per heavy atom. The summed E-state index contributed by atoms with van der Waals surface area (Å²) in [7, 11) is 0. The van der Waals surface area contributed by atoms with Gasteiger partial charge in [0.2, 0.25) is 0 Å². The number of fused-ring (bicyclic) bond motifs is 1. The summed E-state index contributed by atoms with van der Waals surface area (Å²) >= 11 is 0. The molecule has 0 unspecified atom stereocenters. The monoisotopic (exact) mass is 285 g/mol. The average Bonchev–Trinajstić information content (AvgIpc) is 2.83. The van der Waals surface area contributed by atoms with E-state index in [1.165, 1.54) is 5.52 Å². The van der Waals surface area contributed by atoms with Crippen molar-refractivity contribution in [2.75, 3.05) is 13.1 Å². The van der Waals surface area contributed by atoms with Gasteiger partial charge in [-0.05, 0) is 44.5 Å². The average molecular weight is 285 g/mol. The molecule has 0 spiro atoms. The minimum atomic E-state index is 0.721. The minimum absolute atomic E-state index is 0.721. The van der Waals surface area contributed by atoms with Crippen molar-refractivity contribution in [1.82, 2.24) is 14.9 Å². The van der Waals surface area contributed by atoms with Crippen molar-refractivity contribution in [1.29, 1.82) is 0 Å². The number of imidazole rings is 1. The summed E-state index contributed by atoms with van der Waals surface area (Å²) in [6.07, 6.45) is 6.49. The van der Waals surface area contributed by atoms with Crippen LogP contribution in [0.25, 0.3) is 11.0 Å². The van der Waals surface area contributed by atoms with Crippen LogP contribution in [0.2, 0.25) is 0 Å². The van der Waals surface area contributed by atoms with Crippen LogP contribution in [0.3, 0.4) is 0 Å². The maximum atomic E-state index is 4.74. The predicted octanol–water partition coefficient (Wildman–Crippen LogP) is 3.79. The Hall–Kier alpha value is -1.61. The number of hydrogen-bond donors (Lipinski definition) is 1. The van der Waals surface area contributed by atoms with Crippen molar-refractivity contribution in [2.24, 2.45) is 5.92 Å². The SMILES string of the molecule is CCn1c(CC=CCCNCC(C)C)nc2ccccc21. The molecule has 1 aromatic carbocycles. The van der Waals surface area contributed by atoms with Crippen LogP contribution in [0.5, 0.6) is 0 Å². The Bertz CT molecular complexity index is 581. The Kier molecular flexibility index (Phi) is 6.00. The van der Waals surface area contributed by atoms with Gasteiger partial charge in [0.05, 0.1) is 11.0 Å². The number of para-hydroxylation sites is 2. The topological polar surface area (TPSA) is 29.9 Å². The molecule has 0 atom stereocenters. The lowest BCUT2D eigenvalue weighted by Gasteiger charge is -2.05. The van der Waals surface area contributed by atoms with Crippen molar-refractivity contribution >= 4 is 11.0 Å². The smallest absolute Gasteiger partial charge is 0.113 e. The van der Waals surface area contributed by atoms with Gasteiger partial charge in [-0.15, -0.1) is 0 Å². The lowest BCUT2D eigenvalue weighted by molar-refractivity contribution is 0.556. The van der Waals surface area contributed by atoms with Gasteiger partial charge in [0.25, 0.3) is 0 Å².